The minimum atomic E-state index is -3.79. The van der Waals surface area contributed by atoms with Crippen LogP contribution in [0.5, 0.6) is 0 Å². The summed E-state index contributed by atoms with van der Waals surface area (Å²) in [6.45, 7) is 0. The lowest BCUT2D eigenvalue weighted by Crippen LogP contribution is -2.19. The van der Waals surface area contributed by atoms with Gasteiger partial charge >= 0.3 is 5.97 Å². The normalized spacial score (nSPS) is 11.2. The molecule has 0 aliphatic rings. The highest BCUT2D eigenvalue weighted by molar-refractivity contribution is 7.91. The maximum absolute atomic E-state index is 13.3. The number of benzene rings is 1. The minimum absolute atomic E-state index is 0.0402. The van der Waals surface area contributed by atoms with E-state index < -0.39 is 33.1 Å². The van der Waals surface area contributed by atoms with Crippen molar-refractivity contribution in [3.63, 3.8) is 0 Å². The zero-order valence-electron chi connectivity index (χ0n) is 9.14. The molecule has 1 aromatic rings. The van der Waals surface area contributed by atoms with E-state index in [-0.39, 0.29) is 11.3 Å². The first-order valence-corrected chi connectivity index (χ1v) is 6.48. The second kappa shape index (κ2) is 5.13. The molecule has 0 aromatic heterocycles. The van der Waals surface area contributed by atoms with E-state index in [4.69, 9.17) is 5.73 Å². The summed E-state index contributed by atoms with van der Waals surface area (Å²) in [6, 6.07) is 3.88. The summed E-state index contributed by atoms with van der Waals surface area (Å²) >= 11 is 0. The Morgan fingerprint density at radius 2 is 2.12 bits per heavy atom. The van der Waals surface area contributed by atoms with Crippen LogP contribution in [0.25, 0.3) is 0 Å². The molecule has 0 heterocycles. The van der Waals surface area contributed by atoms with Crippen molar-refractivity contribution in [2.75, 3.05) is 18.6 Å². The molecule has 7 heteroatoms. The van der Waals surface area contributed by atoms with Gasteiger partial charge in [-0.05, 0) is 12.1 Å². The summed E-state index contributed by atoms with van der Waals surface area (Å²) in [6.07, 6.45) is 0. The third-order valence-electron chi connectivity index (χ3n) is 2.08. The summed E-state index contributed by atoms with van der Waals surface area (Å²) in [7, 11) is -2.71. The van der Waals surface area contributed by atoms with Crippen LogP contribution in [-0.4, -0.2) is 27.2 Å². The van der Waals surface area contributed by atoms with E-state index in [0.717, 1.165) is 13.2 Å². The van der Waals surface area contributed by atoms with Gasteiger partial charge in [-0.1, -0.05) is 6.07 Å². The van der Waals surface area contributed by atoms with E-state index in [1.165, 1.54) is 12.1 Å². The first-order chi connectivity index (χ1) is 7.85. The molecule has 0 spiro atoms. The summed E-state index contributed by atoms with van der Waals surface area (Å²) in [5.41, 5.74) is 5.38. The van der Waals surface area contributed by atoms with Crippen LogP contribution < -0.4 is 5.73 Å². The number of sulfone groups is 1. The smallest absolute Gasteiger partial charge is 0.320 e. The number of nitrogens with two attached hydrogens (primary N) is 1. The van der Waals surface area contributed by atoms with Gasteiger partial charge in [-0.15, -0.1) is 0 Å². The standard InChI is InChI=1S/C10H12FNO4S/c1-16-10(13)6-17(14,15)5-7-8(11)3-2-4-9(7)12/h2-4H,5-6,12H2,1H3. The lowest BCUT2D eigenvalue weighted by Gasteiger charge is -2.07. The van der Waals surface area contributed by atoms with Gasteiger partial charge in [-0.2, -0.15) is 0 Å². The Balaban J connectivity index is 2.95. The minimum Gasteiger partial charge on any atom is -0.468 e. The molecule has 0 radical (unpaired) electrons. The number of methoxy groups -OCH3 is 1. The molecule has 1 rings (SSSR count). The Kier molecular flexibility index (Phi) is 4.06. The van der Waals surface area contributed by atoms with Gasteiger partial charge in [-0.25, -0.2) is 12.8 Å². The van der Waals surface area contributed by atoms with E-state index in [1.54, 1.807) is 0 Å². The lowest BCUT2D eigenvalue weighted by molar-refractivity contribution is -0.137. The lowest BCUT2D eigenvalue weighted by atomic mass is 10.2. The van der Waals surface area contributed by atoms with Crippen LogP contribution >= 0.6 is 0 Å². The molecular formula is C10H12FNO4S. The number of carbonyl (C=O) groups is 1. The highest BCUT2D eigenvalue weighted by Gasteiger charge is 2.21. The van der Waals surface area contributed by atoms with Gasteiger partial charge in [0.1, 0.15) is 11.6 Å². The Morgan fingerprint density at radius 1 is 1.47 bits per heavy atom. The van der Waals surface area contributed by atoms with Gasteiger partial charge in [0, 0.05) is 11.3 Å². The van der Waals surface area contributed by atoms with Gasteiger partial charge in [0.15, 0.2) is 9.84 Å². The largest absolute Gasteiger partial charge is 0.468 e. The van der Waals surface area contributed by atoms with Crippen LogP contribution in [0, 0.1) is 5.82 Å². The third kappa shape index (κ3) is 3.70. The van der Waals surface area contributed by atoms with E-state index in [2.05, 4.69) is 4.74 Å². The Hall–Kier alpha value is -1.63. The molecular weight excluding hydrogens is 249 g/mol. The first-order valence-electron chi connectivity index (χ1n) is 4.66. The predicted molar refractivity (Wildman–Crippen MR) is 60.3 cm³/mol. The number of hydrogen-bond acceptors (Lipinski definition) is 5. The molecule has 2 N–H and O–H groups in total. The summed E-state index contributed by atoms with van der Waals surface area (Å²) < 4.78 is 40.7. The molecule has 5 nitrogen and oxygen atoms in total. The Morgan fingerprint density at radius 3 is 2.65 bits per heavy atom. The highest BCUT2D eigenvalue weighted by atomic mass is 32.2. The van der Waals surface area contributed by atoms with Crippen molar-refractivity contribution >= 4 is 21.5 Å². The zero-order chi connectivity index (χ0) is 13.1. The fourth-order valence-corrected chi connectivity index (χ4v) is 2.56. The van der Waals surface area contributed by atoms with Gasteiger partial charge in [0.2, 0.25) is 0 Å². The van der Waals surface area contributed by atoms with Crippen molar-refractivity contribution in [3.05, 3.63) is 29.6 Å². The number of ether oxygens (including phenoxy) is 1. The molecule has 0 bridgehead atoms. The topological polar surface area (TPSA) is 86.5 Å². The number of nitrogen functional groups attached to an aromatic ring is 1. The van der Waals surface area contributed by atoms with Crippen LogP contribution in [0.4, 0.5) is 10.1 Å². The Bertz CT molecular complexity index is 507. The van der Waals surface area contributed by atoms with Crippen LogP contribution in [0.1, 0.15) is 5.56 Å². The van der Waals surface area contributed by atoms with Crippen molar-refractivity contribution in [3.8, 4) is 0 Å². The second-order valence-electron chi connectivity index (χ2n) is 3.42. The van der Waals surface area contributed by atoms with E-state index >= 15 is 0 Å². The number of carbonyl (C=O) groups excluding carboxylic acids is 1. The van der Waals surface area contributed by atoms with Gasteiger partial charge in [-0.3, -0.25) is 4.79 Å². The van der Waals surface area contributed by atoms with Crippen molar-refractivity contribution in [2.45, 2.75) is 5.75 Å². The van der Waals surface area contributed by atoms with Gasteiger partial charge in [0.05, 0.1) is 12.9 Å². The second-order valence-corrected chi connectivity index (χ2v) is 5.48. The number of anilines is 1. The molecule has 0 amide bonds. The van der Waals surface area contributed by atoms with Crippen molar-refractivity contribution in [1.29, 1.82) is 0 Å². The average molecular weight is 261 g/mol. The number of halogens is 1. The molecule has 0 saturated heterocycles. The molecule has 0 saturated carbocycles. The first kappa shape index (κ1) is 13.4. The third-order valence-corrected chi connectivity index (χ3v) is 3.49. The highest BCUT2D eigenvalue weighted by Crippen LogP contribution is 2.18. The monoisotopic (exact) mass is 261 g/mol. The van der Waals surface area contributed by atoms with Gasteiger partial charge < -0.3 is 10.5 Å². The molecule has 0 unspecified atom stereocenters. The van der Waals surface area contributed by atoms with E-state index in [1.807, 2.05) is 0 Å². The van der Waals surface area contributed by atoms with Crippen molar-refractivity contribution < 1.29 is 22.3 Å². The summed E-state index contributed by atoms with van der Waals surface area (Å²) in [5.74, 6) is -3.02. The van der Waals surface area contributed by atoms with E-state index in [0.29, 0.717) is 0 Å². The average Bonchev–Trinajstić information content (AvgIpc) is 2.23. The zero-order valence-corrected chi connectivity index (χ0v) is 9.96. The summed E-state index contributed by atoms with van der Waals surface area (Å²) in [4.78, 5) is 10.9. The Labute approximate surface area is 98.3 Å². The van der Waals surface area contributed by atoms with Crippen LogP contribution in [-0.2, 0) is 25.1 Å². The molecule has 1 aromatic carbocycles. The maximum Gasteiger partial charge on any atom is 0.320 e. The molecule has 0 aliphatic heterocycles. The SMILES string of the molecule is COC(=O)CS(=O)(=O)Cc1c(N)cccc1F. The van der Waals surface area contributed by atoms with E-state index in [9.17, 15) is 17.6 Å². The van der Waals surface area contributed by atoms with Crippen LogP contribution in [0.2, 0.25) is 0 Å². The molecule has 0 atom stereocenters. The van der Waals surface area contributed by atoms with Crippen LogP contribution in [0.3, 0.4) is 0 Å². The number of hydrogen-bond donors (Lipinski definition) is 1. The fourth-order valence-electron chi connectivity index (χ4n) is 1.24. The quantitative estimate of drug-likeness (QED) is 0.630. The molecule has 0 aliphatic carbocycles. The predicted octanol–water partition coefficient (Wildman–Crippen LogP) is 0.496. The van der Waals surface area contributed by atoms with Crippen molar-refractivity contribution in [1.82, 2.24) is 0 Å². The number of rotatable bonds is 4. The number of esters is 1. The molecule has 0 fully saturated rings. The van der Waals surface area contributed by atoms with Gasteiger partial charge in [0.25, 0.3) is 0 Å². The molecule has 17 heavy (non-hydrogen) atoms. The van der Waals surface area contributed by atoms with Crippen molar-refractivity contribution in [2.24, 2.45) is 0 Å². The fraction of sp³-hybridized carbons (Fsp3) is 0.300. The maximum atomic E-state index is 13.3. The molecule has 94 valence electrons. The summed E-state index contributed by atoms with van der Waals surface area (Å²) in [5, 5.41) is 0. The van der Waals surface area contributed by atoms with Crippen LogP contribution in [0.15, 0.2) is 18.2 Å².